The van der Waals surface area contributed by atoms with Crippen molar-refractivity contribution >= 4 is 38.8 Å². The predicted octanol–water partition coefficient (Wildman–Crippen LogP) is 9.79. The molecular weight excluding hydrogens is 481 g/mol. The summed E-state index contributed by atoms with van der Waals surface area (Å²) >= 11 is 0. The molecule has 0 aliphatic heterocycles. The molecule has 0 saturated carbocycles. The number of rotatable bonds is 4. The van der Waals surface area contributed by atoms with Crippen LogP contribution in [0.1, 0.15) is 35.7 Å². The average molecular weight is 509 g/mol. The molecule has 2 aromatic heterocycles. The van der Waals surface area contributed by atoms with Crippen LogP contribution >= 0.6 is 0 Å². The normalized spacial score (nSPS) is 12.5. The maximum absolute atomic E-state index is 14.3. The lowest BCUT2D eigenvalue weighted by atomic mass is 10.0. The van der Waals surface area contributed by atoms with Crippen LogP contribution in [0.2, 0.25) is 0 Å². The molecule has 0 saturated heterocycles. The second kappa shape index (κ2) is 8.95. The molecule has 0 aliphatic rings. The second-order valence-corrected chi connectivity index (χ2v) is 9.70. The van der Waals surface area contributed by atoms with Crippen molar-refractivity contribution in [2.45, 2.75) is 33.4 Å². The molecule has 0 unspecified atom stereocenters. The Kier molecular flexibility index (Phi) is 5.68. The van der Waals surface area contributed by atoms with E-state index in [1.165, 1.54) is 6.07 Å². The minimum atomic E-state index is -4.48. The van der Waals surface area contributed by atoms with Gasteiger partial charge < -0.3 is 9.13 Å². The molecular formula is C33H27F3N2. The highest BCUT2D eigenvalue weighted by molar-refractivity contribution is 6.09. The predicted molar refractivity (Wildman–Crippen MR) is 151 cm³/mol. The molecule has 0 radical (unpaired) electrons. The lowest BCUT2D eigenvalue weighted by Crippen LogP contribution is -2.12. The van der Waals surface area contributed by atoms with Crippen molar-refractivity contribution in [1.29, 1.82) is 0 Å². The summed E-state index contributed by atoms with van der Waals surface area (Å²) in [6, 6.07) is 26.9. The molecule has 5 heteroatoms. The fraction of sp³-hybridized carbons (Fsp3) is 0.152. The highest BCUT2D eigenvalue weighted by atomic mass is 19.4. The summed E-state index contributed by atoms with van der Waals surface area (Å²) in [6.45, 7) is 5.69. The molecule has 0 fully saturated rings. The van der Waals surface area contributed by atoms with E-state index in [2.05, 4.69) is 36.6 Å². The van der Waals surface area contributed by atoms with Crippen LogP contribution in [-0.4, -0.2) is 9.13 Å². The third-order valence-electron chi connectivity index (χ3n) is 7.37. The van der Waals surface area contributed by atoms with Crippen molar-refractivity contribution in [1.82, 2.24) is 9.13 Å². The largest absolute Gasteiger partial charge is 0.416 e. The zero-order valence-electron chi connectivity index (χ0n) is 21.5. The molecule has 6 rings (SSSR count). The van der Waals surface area contributed by atoms with Gasteiger partial charge in [-0.25, -0.2) is 0 Å². The minimum absolute atomic E-state index is 0.192. The van der Waals surface area contributed by atoms with Gasteiger partial charge in [0.25, 0.3) is 0 Å². The lowest BCUT2D eigenvalue weighted by Gasteiger charge is -2.21. The van der Waals surface area contributed by atoms with Crippen LogP contribution < -0.4 is 0 Å². The average Bonchev–Trinajstić information content (AvgIpc) is 3.39. The third kappa shape index (κ3) is 3.65. The number of aryl methyl sites for hydroxylation is 2. The molecule has 0 amide bonds. The molecule has 0 N–H and O–H groups in total. The molecule has 0 atom stereocenters. The van der Waals surface area contributed by atoms with Crippen molar-refractivity contribution in [3.05, 3.63) is 113 Å². The summed E-state index contributed by atoms with van der Waals surface area (Å²) in [7, 11) is 0. The molecule has 2 nitrogen and oxygen atoms in total. The molecule has 0 bridgehead atoms. The number of halogens is 3. The number of alkyl halides is 3. The minimum Gasteiger partial charge on any atom is -0.307 e. The number of nitrogens with zero attached hydrogens (tertiary/aromatic N) is 2. The fourth-order valence-corrected chi connectivity index (χ4v) is 5.64. The molecule has 190 valence electrons. The summed E-state index contributed by atoms with van der Waals surface area (Å²) in [5.74, 6) is 0. The quantitative estimate of drug-likeness (QED) is 0.224. The van der Waals surface area contributed by atoms with E-state index in [4.69, 9.17) is 0 Å². The van der Waals surface area contributed by atoms with Crippen molar-refractivity contribution in [2.75, 3.05) is 0 Å². The van der Waals surface area contributed by atoms with E-state index in [0.29, 0.717) is 11.4 Å². The van der Waals surface area contributed by atoms with Crippen LogP contribution in [0.25, 0.3) is 50.2 Å². The van der Waals surface area contributed by atoms with Gasteiger partial charge >= 0.3 is 6.18 Å². The van der Waals surface area contributed by atoms with Crippen molar-refractivity contribution in [3.8, 4) is 11.4 Å². The van der Waals surface area contributed by atoms with Gasteiger partial charge in [-0.2, -0.15) is 13.2 Å². The van der Waals surface area contributed by atoms with Crippen LogP contribution in [0.15, 0.2) is 91.0 Å². The molecule has 0 aliphatic carbocycles. The zero-order chi connectivity index (χ0) is 26.6. The Morgan fingerprint density at radius 2 is 1.18 bits per heavy atom. The molecule has 6 aromatic rings. The van der Waals surface area contributed by atoms with Gasteiger partial charge in [0.05, 0.1) is 33.5 Å². The Balaban J connectivity index is 1.82. The Labute approximate surface area is 219 Å². The van der Waals surface area contributed by atoms with Gasteiger partial charge in [0.1, 0.15) is 0 Å². The Hall–Kier alpha value is -4.25. The highest BCUT2D eigenvalue weighted by Crippen LogP contribution is 2.41. The van der Waals surface area contributed by atoms with Gasteiger partial charge in [-0.1, -0.05) is 67.6 Å². The van der Waals surface area contributed by atoms with Crippen molar-refractivity contribution < 1.29 is 13.2 Å². The first-order valence-electron chi connectivity index (χ1n) is 12.8. The number of aromatic nitrogens is 2. The number of hydrogen-bond donors (Lipinski definition) is 0. The van der Waals surface area contributed by atoms with Crippen LogP contribution in [-0.2, 0) is 6.18 Å². The van der Waals surface area contributed by atoms with Crippen molar-refractivity contribution in [2.24, 2.45) is 0 Å². The van der Waals surface area contributed by atoms with Crippen LogP contribution in [0.4, 0.5) is 13.2 Å². The van der Waals surface area contributed by atoms with E-state index < -0.39 is 11.7 Å². The highest BCUT2D eigenvalue weighted by Gasteiger charge is 2.34. The summed E-state index contributed by atoms with van der Waals surface area (Å²) in [5.41, 5.74) is 5.52. The Morgan fingerprint density at radius 1 is 0.684 bits per heavy atom. The third-order valence-corrected chi connectivity index (χ3v) is 7.37. The SMILES string of the molecule is CC/C=C\c1c(C)c2ccccc2n1-c1cc(C)c(C(F)(F)F)cc1-n1c2ccccc2c2ccccc21. The van der Waals surface area contributed by atoms with Gasteiger partial charge in [0, 0.05) is 21.9 Å². The van der Waals surface area contributed by atoms with E-state index in [0.717, 1.165) is 50.4 Å². The van der Waals surface area contributed by atoms with Gasteiger partial charge in [-0.05, 0) is 67.8 Å². The van der Waals surface area contributed by atoms with E-state index in [1.54, 1.807) is 13.0 Å². The monoisotopic (exact) mass is 508 g/mol. The molecule has 0 spiro atoms. The first kappa shape index (κ1) is 24.1. The van der Waals surface area contributed by atoms with E-state index in [-0.39, 0.29) is 5.56 Å². The molecule has 38 heavy (non-hydrogen) atoms. The van der Waals surface area contributed by atoms with E-state index in [1.807, 2.05) is 71.3 Å². The van der Waals surface area contributed by atoms with Gasteiger partial charge in [-0.3, -0.25) is 0 Å². The first-order chi connectivity index (χ1) is 18.3. The van der Waals surface area contributed by atoms with Crippen LogP contribution in [0, 0.1) is 13.8 Å². The first-order valence-corrected chi connectivity index (χ1v) is 12.8. The van der Waals surface area contributed by atoms with E-state index >= 15 is 0 Å². The Bertz CT molecular complexity index is 1810. The summed E-state index contributed by atoms with van der Waals surface area (Å²) in [4.78, 5) is 0. The second-order valence-electron chi connectivity index (χ2n) is 9.70. The maximum atomic E-state index is 14.3. The van der Waals surface area contributed by atoms with Gasteiger partial charge in [0.2, 0.25) is 0 Å². The smallest absolute Gasteiger partial charge is 0.307 e. The Morgan fingerprint density at radius 3 is 1.74 bits per heavy atom. The van der Waals surface area contributed by atoms with Crippen molar-refractivity contribution in [3.63, 3.8) is 0 Å². The number of para-hydroxylation sites is 3. The topological polar surface area (TPSA) is 9.86 Å². The van der Waals surface area contributed by atoms with Crippen LogP contribution in [0.3, 0.4) is 0 Å². The summed E-state index contributed by atoms with van der Waals surface area (Å²) in [5, 5.41) is 3.08. The zero-order valence-corrected chi connectivity index (χ0v) is 21.5. The number of benzene rings is 4. The fourth-order valence-electron chi connectivity index (χ4n) is 5.64. The van der Waals surface area contributed by atoms with E-state index in [9.17, 15) is 13.2 Å². The molecule has 4 aromatic carbocycles. The molecule has 2 heterocycles. The number of allylic oxidation sites excluding steroid dienone is 1. The maximum Gasteiger partial charge on any atom is 0.416 e. The number of fused-ring (bicyclic) bond motifs is 4. The number of hydrogen-bond acceptors (Lipinski definition) is 0. The van der Waals surface area contributed by atoms with Gasteiger partial charge in [-0.15, -0.1) is 0 Å². The summed E-state index contributed by atoms with van der Waals surface area (Å²) < 4.78 is 47.0. The van der Waals surface area contributed by atoms with Crippen LogP contribution in [0.5, 0.6) is 0 Å². The standard InChI is InChI=1S/C33H27F3N2/c1-4-5-15-27-22(3)23-12-6-9-16-28(23)37(27)31-19-21(2)26(33(34,35)36)20-32(31)38-29-17-10-7-13-24(29)25-14-8-11-18-30(25)38/h5-20H,4H2,1-3H3/b15-5-. The lowest BCUT2D eigenvalue weighted by molar-refractivity contribution is -0.138. The van der Waals surface area contributed by atoms with Gasteiger partial charge in [0.15, 0.2) is 0 Å². The summed E-state index contributed by atoms with van der Waals surface area (Å²) in [6.07, 6.45) is 0.551.